The molecule has 1 saturated heterocycles. The van der Waals surface area contributed by atoms with E-state index in [4.69, 9.17) is 10.5 Å². The molecule has 9 heteroatoms. The van der Waals surface area contributed by atoms with Gasteiger partial charge in [-0.25, -0.2) is 0 Å². The van der Waals surface area contributed by atoms with Crippen LogP contribution in [-0.4, -0.2) is 48.2 Å². The van der Waals surface area contributed by atoms with Gasteiger partial charge in [0.25, 0.3) is 0 Å². The standard InChI is InChI=1S/C14H24N6O3/c1-10-4-7-19(8-5-10)13-11(20(21)22)12(15)17-14(18-13)16-6-3-9-23-2/h10H,3-9H2,1-2H3,(H3,15,16,17,18). The van der Waals surface area contributed by atoms with E-state index in [1.807, 2.05) is 4.90 Å². The lowest BCUT2D eigenvalue weighted by Gasteiger charge is -2.31. The highest BCUT2D eigenvalue weighted by molar-refractivity contribution is 5.71. The number of nitro groups is 1. The highest BCUT2D eigenvalue weighted by atomic mass is 16.6. The first-order valence-corrected chi connectivity index (χ1v) is 7.82. The SMILES string of the molecule is COCCCNc1nc(N)c([N+](=O)[O-])c(N2CCC(C)CC2)n1. The minimum Gasteiger partial charge on any atom is -0.385 e. The fourth-order valence-corrected chi connectivity index (χ4v) is 2.57. The van der Waals surface area contributed by atoms with Crippen molar-refractivity contribution < 1.29 is 9.66 Å². The minimum atomic E-state index is -0.503. The van der Waals surface area contributed by atoms with Gasteiger partial charge in [-0.1, -0.05) is 6.92 Å². The molecule has 3 N–H and O–H groups in total. The first-order chi connectivity index (χ1) is 11.0. The third-order valence-electron chi connectivity index (χ3n) is 3.97. The zero-order valence-electron chi connectivity index (χ0n) is 13.6. The van der Waals surface area contributed by atoms with E-state index >= 15 is 0 Å². The molecule has 2 rings (SSSR count). The van der Waals surface area contributed by atoms with Crippen molar-refractivity contribution in [2.75, 3.05) is 49.3 Å². The Bertz CT molecular complexity index is 546. The van der Waals surface area contributed by atoms with Crippen LogP contribution in [0.4, 0.5) is 23.3 Å². The average Bonchev–Trinajstić information content (AvgIpc) is 2.51. The molecule has 23 heavy (non-hydrogen) atoms. The molecule has 0 saturated carbocycles. The van der Waals surface area contributed by atoms with Gasteiger partial charge in [0.1, 0.15) is 0 Å². The van der Waals surface area contributed by atoms with Gasteiger partial charge < -0.3 is 20.7 Å². The van der Waals surface area contributed by atoms with Crippen molar-refractivity contribution in [2.24, 2.45) is 5.92 Å². The van der Waals surface area contributed by atoms with Gasteiger partial charge in [-0.3, -0.25) is 10.1 Å². The second kappa shape index (κ2) is 7.91. The number of aromatic nitrogens is 2. The number of rotatable bonds is 7. The Balaban J connectivity index is 2.22. The Morgan fingerprint density at radius 3 is 2.74 bits per heavy atom. The maximum absolute atomic E-state index is 11.3. The Labute approximate surface area is 135 Å². The maximum atomic E-state index is 11.3. The fraction of sp³-hybridized carbons (Fsp3) is 0.714. The second-order valence-corrected chi connectivity index (χ2v) is 5.80. The lowest BCUT2D eigenvalue weighted by atomic mass is 9.99. The number of hydrogen-bond donors (Lipinski definition) is 2. The van der Waals surface area contributed by atoms with Crippen molar-refractivity contribution in [3.63, 3.8) is 0 Å². The first kappa shape index (κ1) is 17.2. The normalized spacial score (nSPS) is 15.7. The van der Waals surface area contributed by atoms with Gasteiger partial charge in [-0.2, -0.15) is 9.97 Å². The summed E-state index contributed by atoms with van der Waals surface area (Å²) in [6.07, 6.45) is 2.75. The molecule has 1 aromatic rings. The highest BCUT2D eigenvalue weighted by Gasteiger charge is 2.29. The zero-order valence-corrected chi connectivity index (χ0v) is 13.6. The summed E-state index contributed by atoms with van der Waals surface area (Å²) in [6, 6.07) is 0. The number of nitrogens with zero attached hydrogens (tertiary/aromatic N) is 4. The molecule has 0 atom stereocenters. The van der Waals surface area contributed by atoms with Gasteiger partial charge >= 0.3 is 5.69 Å². The third-order valence-corrected chi connectivity index (χ3v) is 3.97. The van der Waals surface area contributed by atoms with Crippen molar-refractivity contribution in [1.29, 1.82) is 0 Å². The van der Waals surface area contributed by atoms with Gasteiger partial charge in [0, 0.05) is 33.4 Å². The number of anilines is 3. The maximum Gasteiger partial charge on any atom is 0.353 e. The van der Waals surface area contributed by atoms with Crippen LogP contribution in [0.5, 0.6) is 0 Å². The summed E-state index contributed by atoms with van der Waals surface area (Å²) in [7, 11) is 1.63. The third kappa shape index (κ3) is 4.41. The van der Waals surface area contributed by atoms with Gasteiger partial charge in [0.15, 0.2) is 0 Å². The lowest BCUT2D eigenvalue weighted by Crippen LogP contribution is -2.34. The van der Waals surface area contributed by atoms with Crippen LogP contribution in [0.2, 0.25) is 0 Å². The number of methoxy groups -OCH3 is 1. The molecular weight excluding hydrogens is 300 g/mol. The summed E-state index contributed by atoms with van der Waals surface area (Å²) in [6.45, 7) is 4.89. The number of ether oxygens (including phenoxy) is 1. The van der Waals surface area contributed by atoms with E-state index in [0.717, 1.165) is 32.4 Å². The Morgan fingerprint density at radius 1 is 1.43 bits per heavy atom. The van der Waals surface area contributed by atoms with Gasteiger partial charge in [-0.15, -0.1) is 0 Å². The van der Waals surface area contributed by atoms with E-state index in [0.29, 0.717) is 30.8 Å². The molecule has 1 fully saturated rings. The van der Waals surface area contributed by atoms with Crippen LogP contribution < -0.4 is 16.0 Å². The van der Waals surface area contributed by atoms with Crippen molar-refractivity contribution in [2.45, 2.75) is 26.2 Å². The molecule has 0 aromatic carbocycles. The van der Waals surface area contributed by atoms with Crippen LogP contribution in [0.15, 0.2) is 0 Å². The van der Waals surface area contributed by atoms with Crippen LogP contribution in [-0.2, 0) is 4.74 Å². The molecule has 2 heterocycles. The number of nitrogens with two attached hydrogens (primary N) is 1. The molecule has 1 aromatic heterocycles. The van der Waals surface area contributed by atoms with E-state index in [1.165, 1.54) is 0 Å². The predicted octanol–water partition coefficient (Wildman–Crippen LogP) is 1.65. The zero-order chi connectivity index (χ0) is 16.8. The molecular formula is C14H24N6O3. The molecule has 1 aliphatic rings. The summed E-state index contributed by atoms with van der Waals surface area (Å²) in [4.78, 5) is 21.1. The van der Waals surface area contributed by atoms with Crippen molar-refractivity contribution in [3.8, 4) is 0 Å². The first-order valence-electron chi connectivity index (χ1n) is 7.82. The van der Waals surface area contributed by atoms with Gasteiger partial charge in [0.2, 0.25) is 17.6 Å². The predicted molar refractivity (Wildman–Crippen MR) is 88.7 cm³/mol. The fourth-order valence-electron chi connectivity index (χ4n) is 2.57. The van der Waals surface area contributed by atoms with Crippen LogP contribution in [0.3, 0.4) is 0 Å². The average molecular weight is 324 g/mol. The largest absolute Gasteiger partial charge is 0.385 e. The van der Waals surface area contributed by atoms with Gasteiger partial charge in [0.05, 0.1) is 4.92 Å². The Morgan fingerprint density at radius 2 is 2.13 bits per heavy atom. The van der Waals surface area contributed by atoms with E-state index < -0.39 is 4.92 Å². The van der Waals surface area contributed by atoms with E-state index in [2.05, 4.69) is 22.2 Å². The minimum absolute atomic E-state index is 0.104. The summed E-state index contributed by atoms with van der Waals surface area (Å²) < 4.78 is 4.98. The Kier molecular flexibility index (Phi) is 5.91. The molecule has 0 unspecified atom stereocenters. The smallest absolute Gasteiger partial charge is 0.353 e. The second-order valence-electron chi connectivity index (χ2n) is 5.80. The molecule has 1 aliphatic heterocycles. The molecule has 0 amide bonds. The van der Waals surface area contributed by atoms with Crippen LogP contribution in [0, 0.1) is 16.0 Å². The molecule has 128 valence electrons. The van der Waals surface area contributed by atoms with Gasteiger partial charge in [-0.05, 0) is 25.2 Å². The molecule has 0 bridgehead atoms. The highest BCUT2D eigenvalue weighted by Crippen LogP contribution is 2.34. The van der Waals surface area contributed by atoms with Crippen LogP contribution >= 0.6 is 0 Å². The van der Waals surface area contributed by atoms with Crippen molar-refractivity contribution in [3.05, 3.63) is 10.1 Å². The topological polar surface area (TPSA) is 119 Å². The molecule has 9 nitrogen and oxygen atoms in total. The monoisotopic (exact) mass is 324 g/mol. The molecule has 0 aliphatic carbocycles. The van der Waals surface area contributed by atoms with Crippen molar-refractivity contribution >= 4 is 23.3 Å². The Hall–Kier alpha value is -2.16. The quantitative estimate of drug-likeness (QED) is 0.441. The summed E-state index contributed by atoms with van der Waals surface area (Å²) in [5.74, 6) is 1.14. The van der Waals surface area contributed by atoms with Crippen LogP contribution in [0.1, 0.15) is 26.2 Å². The summed E-state index contributed by atoms with van der Waals surface area (Å²) in [5, 5.41) is 14.4. The summed E-state index contributed by atoms with van der Waals surface area (Å²) >= 11 is 0. The number of hydrogen-bond acceptors (Lipinski definition) is 8. The van der Waals surface area contributed by atoms with E-state index in [9.17, 15) is 10.1 Å². The lowest BCUT2D eigenvalue weighted by molar-refractivity contribution is -0.383. The number of piperidine rings is 1. The molecule has 0 spiro atoms. The van der Waals surface area contributed by atoms with Crippen LogP contribution in [0.25, 0.3) is 0 Å². The molecule has 0 radical (unpaired) electrons. The summed E-state index contributed by atoms with van der Waals surface area (Å²) in [5.41, 5.74) is 5.60. The van der Waals surface area contributed by atoms with E-state index in [1.54, 1.807) is 7.11 Å². The van der Waals surface area contributed by atoms with E-state index in [-0.39, 0.29) is 11.5 Å². The number of nitrogen functional groups attached to an aromatic ring is 1. The number of nitrogens with one attached hydrogen (secondary N) is 1. The van der Waals surface area contributed by atoms with Crippen molar-refractivity contribution in [1.82, 2.24) is 9.97 Å².